The first-order valence-corrected chi connectivity index (χ1v) is 8.58. The molecule has 3 nitrogen and oxygen atoms in total. The van der Waals surface area contributed by atoms with Crippen LogP contribution in [0.3, 0.4) is 0 Å². The summed E-state index contributed by atoms with van der Waals surface area (Å²) in [7, 11) is 0. The van der Waals surface area contributed by atoms with E-state index in [1.165, 1.54) is 4.88 Å². The van der Waals surface area contributed by atoms with Gasteiger partial charge in [-0.15, -0.1) is 11.3 Å². The Kier molecular flexibility index (Phi) is 5.67. The Morgan fingerprint density at radius 2 is 1.57 bits per heavy atom. The van der Waals surface area contributed by atoms with Crippen molar-refractivity contribution in [2.45, 2.75) is 6.54 Å². The Hall–Kier alpha value is -2.30. The molecule has 2 N–H and O–H groups in total. The number of hydrogen-bond donors (Lipinski definition) is 2. The van der Waals surface area contributed by atoms with Gasteiger partial charge in [-0.05, 0) is 47.8 Å². The molecule has 118 valence electrons. The molecular weight excluding hydrogens is 304 g/mol. The minimum atomic E-state index is 0.845. The van der Waals surface area contributed by atoms with Crippen LogP contribution in [0.2, 0.25) is 0 Å². The zero-order chi connectivity index (χ0) is 15.7. The fourth-order valence-electron chi connectivity index (χ4n) is 2.19. The van der Waals surface area contributed by atoms with Crippen molar-refractivity contribution in [1.29, 1.82) is 0 Å². The van der Waals surface area contributed by atoms with E-state index in [-0.39, 0.29) is 0 Å². The van der Waals surface area contributed by atoms with E-state index in [1.54, 1.807) is 11.3 Å². The Morgan fingerprint density at radius 3 is 2.30 bits per heavy atom. The summed E-state index contributed by atoms with van der Waals surface area (Å²) in [6.07, 6.45) is 0. The van der Waals surface area contributed by atoms with Crippen molar-refractivity contribution in [2.24, 2.45) is 0 Å². The van der Waals surface area contributed by atoms with E-state index in [4.69, 9.17) is 4.74 Å². The summed E-state index contributed by atoms with van der Waals surface area (Å²) < 4.78 is 5.78. The molecule has 3 rings (SSSR count). The third-order valence-electron chi connectivity index (χ3n) is 3.34. The molecule has 0 aliphatic carbocycles. The maximum absolute atomic E-state index is 5.78. The number of benzene rings is 2. The fraction of sp³-hybridized carbons (Fsp3) is 0.158. The molecule has 1 heterocycles. The van der Waals surface area contributed by atoms with E-state index in [0.29, 0.717) is 0 Å². The van der Waals surface area contributed by atoms with Crippen molar-refractivity contribution in [3.63, 3.8) is 0 Å². The predicted molar refractivity (Wildman–Crippen MR) is 97.5 cm³/mol. The van der Waals surface area contributed by atoms with Crippen LogP contribution in [0.4, 0.5) is 5.69 Å². The van der Waals surface area contributed by atoms with E-state index < -0.39 is 0 Å². The molecule has 0 saturated heterocycles. The summed E-state index contributed by atoms with van der Waals surface area (Å²) in [6.45, 7) is 2.76. The Balaban J connectivity index is 1.39. The number of ether oxygens (including phenoxy) is 1. The number of hydrogen-bond acceptors (Lipinski definition) is 4. The van der Waals surface area contributed by atoms with Crippen LogP contribution in [-0.2, 0) is 6.54 Å². The first-order valence-electron chi connectivity index (χ1n) is 7.70. The summed E-state index contributed by atoms with van der Waals surface area (Å²) in [6, 6.07) is 22.1. The topological polar surface area (TPSA) is 33.3 Å². The van der Waals surface area contributed by atoms with Crippen LogP contribution < -0.4 is 15.4 Å². The molecule has 3 aromatic rings. The molecule has 0 spiro atoms. The lowest BCUT2D eigenvalue weighted by molar-refractivity contribution is 0.483. The summed E-state index contributed by atoms with van der Waals surface area (Å²) in [5.74, 6) is 1.70. The summed E-state index contributed by atoms with van der Waals surface area (Å²) in [4.78, 5) is 1.37. The second kappa shape index (κ2) is 8.36. The molecule has 2 aromatic carbocycles. The highest BCUT2D eigenvalue weighted by Gasteiger charge is 1.97. The zero-order valence-corrected chi connectivity index (χ0v) is 13.7. The lowest BCUT2D eigenvalue weighted by atomic mass is 10.3. The molecule has 0 bridgehead atoms. The molecule has 1 aromatic heterocycles. The van der Waals surface area contributed by atoms with Crippen LogP contribution in [0.5, 0.6) is 11.5 Å². The van der Waals surface area contributed by atoms with Gasteiger partial charge in [0.1, 0.15) is 11.5 Å². The highest BCUT2D eigenvalue weighted by Crippen LogP contribution is 2.22. The number of nitrogens with one attached hydrogen (secondary N) is 2. The van der Waals surface area contributed by atoms with E-state index in [9.17, 15) is 0 Å². The largest absolute Gasteiger partial charge is 0.457 e. The average molecular weight is 324 g/mol. The van der Waals surface area contributed by atoms with Crippen LogP contribution in [0.25, 0.3) is 0 Å². The predicted octanol–water partition coefficient (Wildman–Crippen LogP) is 4.74. The van der Waals surface area contributed by atoms with Crippen LogP contribution in [0.1, 0.15) is 4.88 Å². The third-order valence-corrected chi connectivity index (χ3v) is 4.22. The maximum atomic E-state index is 5.78. The first kappa shape index (κ1) is 15.6. The van der Waals surface area contributed by atoms with Crippen LogP contribution in [0.15, 0.2) is 72.1 Å². The Morgan fingerprint density at radius 1 is 0.783 bits per heavy atom. The Bertz CT molecular complexity index is 681. The number of thiophene rings is 1. The second-order valence-electron chi connectivity index (χ2n) is 5.12. The SMILES string of the molecule is c1ccc(Oc2ccc(NCCNCc3cccs3)cc2)cc1. The molecule has 0 atom stereocenters. The average Bonchev–Trinajstić information content (AvgIpc) is 3.10. The zero-order valence-electron chi connectivity index (χ0n) is 12.9. The standard InChI is InChI=1S/C19H20N2OS/c1-2-5-17(6-3-1)22-18-10-8-16(9-11-18)21-13-12-20-15-19-7-4-14-23-19/h1-11,14,20-21H,12-13,15H2. The number of para-hydroxylation sites is 1. The van der Waals surface area contributed by atoms with E-state index in [2.05, 4.69) is 28.1 Å². The van der Waals surface area contributed by atoms with Crippen molar-refractivity contribution in [3.05, 3.63) is 77.0 Å². The second-order valence-corrected chi connectivity index (χ2v) is 6.15. The Labute approximate surface area is 140 Å². The third kappa shape index (κ3) is 5.13. The summed E-state index contributed by atoms with van der Waals surface area (Å²) in [5, 5.41) is 8.93. The van der Waals surface area contributed by atoms with Gasteiger partial charge in [-0.3, -0.25) is 0 Å². The maximum Gasteiger partial charge on any atom is 0.127 e. The lowest BCUT2D eigenvalue weighted by Gasteiger charge is -2.09. The summed E-state index contributed by atoms with van der Waals surface area (Å²) in [5.41, 5.74) is 1.10. The normalized spacial score (nSPS) is 10.4. The van der Waals surface area contributed by atoms with Crippen LogP contribution >= 0.6 is 11.3 Å². The smallest absolute Gasteiger partial charge is 0.127 e. The molecule has 23 heavy (non-hydrogen) atoms. The van der Waals surface area contributed by atoms with Gasteiger partial charge >= 0.3 is 0 Å². The van der Waals surface area contributed by atoms with Crippen molar-refractivity contribution >= 4 is 17.0 Å². The van der Waals surface area contributed by atoms with E-state index >= 15 is 0 Å². The van der Waals surface area contributed by atoms with Gasteiger partial charge in [-0.2, -0.15) is 0 Å². The van der Waals surface area contributed by atoms with Crippen molar-refractivity contribution in [3.8, 4) is 11.5 Å². The highest BCUT2D eigenvalue weighted by molar-refractivity contribution is 7.09. The van der Waals surface area contributed by atoms with Gasteiger partial charge in [0.25, 0.3) is 0 Å². The molecule has 0 amide bonds. The van der Waals surface area contributed by atoms with Gasteiger partial charge in [0.05, 0.1) is 0 Å². The molecule has 0 aliphatic rings. The number of rotatable bonds is 8. The highest BCUT2D eigenvalue weighted by atomic mass is 32.1. The molecular formula is C19H20N2OS. The summed E-state index contributed by atoms with van der Waals surface area (Å²) >= 11 is 1.78. The van der Waals surface area contributed by atoms with Gasteiger partial charge in [0.15, 0.2) is 0 Å². The van der Waals surface area contributed by atoms with Gasteiger partial charge in [-0.1, -0.05) is 24.3 Å². The molecule has 0 radical (unpaired) electrons. The molecule has 0 fully saturated rings. The minimum absolute atomic E-state index is 0.845. The van der Waals surface area contributed by atoms with Gasteiger partial charge < -0.3 is 15.4 Å². The first-order chi connectivity index (χ1) is 11.4. The quantitative estimate of drug-likeness (QED) is 0.587. The van der Waals surface area contributed by atoms with E-state index in [1.807, 2.05) is 54.6 Å². The minimum Gasteiger partial charge on any atom is -0.457 e. The van der Waals surface area contributed by atoms with Crippen molar-refractivity contribution in [2.75, 3.05) is 18.4 Å². The van der Waals surface area contributed by atoms with Gasteiger partial charge in [0, 0.05) is 30.2 Å². The monoisotopic (exact) mass is 324 g/mol. The van der Waals surface area contributed by atoms with E-state index in [0.717, 1.165) is 36.8 Å². The number of anilines is 1. The molecule has 0 saturated carbocycles. The fourth-order valence-corrected chi connectivity index (χ4v) is 2.86. The molecule has 4 heteroatoms. The molecule has 0 unspecified atom stereocenters. The lowest BCUT2D eigenvalue weighted by Crippen LogP contribution is -2.21. The van der Waals surface area contributed by atoms with Crippen LogP contribution in [-0.4, -0.2) is 13.1 Å². The molecule has 0 aliphatic heterocycles. The van der Waals surface area contributed by atoms with Gasteiger partial charge in [-0.25, -0.2) is 0 Å². The van der Waals surface area contributed by atoms with Crippen LogP contribution in [0, 0.1) is 0 Å². The van der Waals surface area contributed by atoms with Crippen molar-refractivity contribution < 1.29 is 4.74 Å². The van der Waals surface area contributed by atoms with Gasteiger partial charge in [0.2, 0.25) is 0 Å². The van der Waals surface area contributed by atoms with Crippen molar-refractivity contribution in [1.82, 2.24) is 5.32 Å².